The van der Waals surface area contributed by atoms with E-state index in [4.69, 9.17) is 28.4 Å². The highest BCUT2D eigenvalue weighted by atomic mass is 16.5. The molecule has 2 atom stereocenters. The summed E-state index contributed by atoms with van der Waals surface area (Å²) < 4.78 is 33.1. The smallest absolute Gasteiger partial charge is 0.164 e. The highest BCUT2D eigenvalue weighted by Crippen LogP contribution is 2.44. The Kier molecular flexibility index (Phi) is 7.92. The quantitative estimate of drug-likeness (QED) is 0.480. The number of benzene rings is 2. The molecule has 0 saturated heterocycles. The average Bonchev–Trinajstić information content (AvgIpc) is 2.86. The van der Waals surface area contributed by atoms with Crippen LogP contribution in [0.5, 0.6) is 34.5 Å². The first kappa shape index (κ1) is 23.4. The maximum Gasteiger partial charge on any atom is 0.164 e. The number of hydrogen-bond donors (Lipinski definition) is 0. The van der Waals surface area contributed by atoms with Gasteiger partial charge in [-0.05, 0) is 30.9 Å². The lowest BCUT2D eigenvalue weighted by molar-refractivity contribution is 0.345. The van der Waals surface area contributed by atoms with E-state index in [2.05, 4.69) is 24.3 Å². The van der Waals surface area contributed by atoms with Crippen LogP contribution >= 0.6 is 0 Å². The van der Waals surface area contributed by atoms with Crippen molar-refractivity contribution in [1.82, 2.24) is 0 Å². The monoisotopic (exact) mass is 440 g/mol. The number of rotatable bonds is 9. The fourth-order valence-electron chi connectivity index (χ4n) is 4.13. The summed E-state index contributed by atoms with van der Waals surface area (Å²) in [6.07, 6.45) is 10.8. The Morgan fingerprint density at radius 2 is 1.19 bits per heavy atom. The van der Waals surface area contributed by atoms with Crippen LogP contribution < -0.4 is 28.4 Å². The zero-order valence-electron chi connectivity index (χ0n) is 19.6. The number of allylic oxidation sites excluding steroid dienone is 3. The molecule has 0 saturated carbocycles. The summed E-state index contributed by atoms with van der Waals surface area (Å²) in [5, 5.41) is 0. The second kappa shape index (κ2) is 10.8. The van der Waals surface area contributed by atoms with Crippen molar-refractivity contribution in [1.29, 1.82) is 0 Å². The number of methoxy groups -OCH3 is 6. The van der Waals surface area contributed by atoms with Gasteiger partial charge in [0.15, 0.2) is 23.0 Å². The van der Waals surface area contributed by atoms with E-state index >= 15 is 0 Å². The summed E-state index contributed by atoms with van der Waals surface area (Å²) in [7, 11) is 9.84. The van der Waals surface area contributed by atoms with E-state index in [1.165, 1.54) is 0 Å². The zero-order valence-corrected chi connectivity index (χ0v) is 19.6. The molecule has 3 rings (SSSR count). The molecule has 0 unspecified atom stereocenters. The van der Waals surface area contributed by atoms with Gasteiger partial charge >= 0.3 is 0 Å². The van der Waals surface area contributed by atoms with E-state index in [0.29, 0.717) is 23.0 Å². The van der Waals surface area contributed by atoms with Gasteiger partial charge in [-0.1, -0.05) is 24.3 Å². The highest BCUT2D eigenvalue weighted by Gasteiger charge is 2.26. The van der Waals surface area contributed by atoms with Crippen LogP contribution in [0.1, 0.15) is 29.9 Å². The normalized spacial score (nSPS) is 17.8. The molecule has 2 aromatic carbocycles. The van der Waals surface area contributed by atoms with Gasteiger partial charge in [-0.2, -0.15) is 0 Å². The van der Waals surface area contributed by atoms with Crippen molar-refractivity contribution in [2.24, 2.45) is 5.92 Å². The molecule has 0 fully saturated rings. The van der Waals surface area contributed by atoms with Crippen molar-refractivity contribution in [3.05, 3.63) is 53.6 Å². The van der Waals surface area contributed by atoms with Crippen LogP contribution in [-0.2, 0) is 0 Å². The first-order valence-electron chi connectivity index (χ1n) is 10.5. The SMILES string of the molecule is COc1cc(OC)c(OC)cc1/C=C/[C@@H]1CCC=C[C@@H]1c1cc(OC)c(OC)cc1OC. The minimum atomic E-state index is 0.140. The van der Waals surface area contributed by atoms with Crippen LogP contribution in [0.4, 0.5) is 0 Å². The van der Waals surface area contributed by atoms with Gasteiger partial charge in [0.05, 0.1) is 42.7 Å². The average molecular weight is 441 g/mol. The third-order valence-corrected chi connectivity index (χ3v) is 5.83. The van der Waals surface area contributed by atoms with Crippen LogP contribution in [0.25, 0.3) is 6.08 Å². The Morgan fingerprint density at radius 3 is 1.78 bits per heavy atom. The molecule has 1 aliphatic rings. The summed E-state index contributed by atoms with van der Waals surface area (Å²) in [6.45, 7) is 0. The van der Waals surface area contributed by atoms with Crippen LogP contribution in [0.3, 0.4) is 0 Å². The molecule has 6 heteroatoms. The third kappa shape index (κ3) is 4.79. The fraction of sp³-hybridized carbons (Fsp3) is 0.385. The van der Waals surface area contributed by atoms with Crippen molar-refractivity contribution in [2.75, 3.05) is 42.7 Å². The molecule has 0 radical (unpaired) electrons. The lowest BCUT2D eigenvalue weighted by Gasteiger charge is -2.28. The Balaban J connectivity index is 1.99. The summed E-state index contributed by atoms with van der Waals surface area (Å²) in [5.41, 5.74) is 1.99. The maximum atomic E-state index is 5.70. The molecule has 0 spiro atoms. The minimum Gasteiger partial charge on any atom is -0.496 e. The molecule has 0 aliphatic heterocycles. The predicted molar refractivity (Wildman–Crippen MR) is 126 cm³/mol. The topological polar surface area (TPSA) is 55.4 Å². The van der Waals surface area contributed by atoms with Crippen LogP contribution in [-0.4, -0.2) is 42.7 Å². The fourth-order valence-corrected chi connectivity index (χ4v) is 4.13. The predicted octanol–water partition coefficient (Wildman–Crippen LogP) is 5.50. The molecular formula is C26H32O6. The Labute approximate surface area is 190 Å². The zero-order chi connectivity index (χ0) is 23.1. The lowest BCUT2D eigenvalue weighted by Crippen LogP contribution is -2.13. The van der Waals surface area contributed by atoms with Gasteiger partial charge < -0.3 is 28.4 Å². The summed E-state index contributed by atoms with van der Waals surface area (Å²) >= 11 is 0. The highest BCUT2D eigenvalue weighted by molar-refractivity contribution is 5.64. The van der Waals surface area contributed by atoms with Gasteiger partial charge in [0.25, 0.3) is 0 Å². The van der Waals surface area contributed by atoms with E-state index in [9.17, 15) is 0 Å². The van der Waals surface area contributed by atoms with E-state index in [-0.39, 0.29) is 11.8 Å². The summed E-state index contributed by atoms with van der Waals surface area (Å²) in [4.78, 5) is 0. The van der Waals surface area contributed by atoms with Crippen molar-refractivity contribution >= 4 is 6.08 Å². The second-order valence-corrected chi connectivity index (χ2v) is 7.45. The second-order valence-electron chi connectivity index (χ2n) is 7.45. The van der Waals surface area contributed by atoms with Gasteiger partial charge in [0, 0.05) is 29.2 Å². The third-order valence-electron chi connectivity index (χ3n) is 5.83. The molecule has 32 heavy (non-hydrogen) atoms. The van der Waals surface area contributed by atoms with Gasteiger partial charge in [-0.3, -0.25) is 0 Å². The van der Waals surface area contributed by atoms with Gasteiger partial charge in [-0.25, -0.2) is 0 Å². The van der Waals surface area contributed by atoms with E-state index < -0.39 is 0 Å². The number of hydrogen-bond acceptors (Lipinski definition) is 6. The summed E-state index contributed by atoms with van der Waals surface area (Å²) in [5.74, 6) is 4.55. The van der Waals surface area contributed by atoms with Crippen molar-refractivity contribution in [2.45, 2.75) is 18.8 Å². The molecule has 6 nitrogen and oxygen atoms in total. The molecule has 1 aliphatic carbocycles. The van der Waals surface area contributed by atoms with Crippen LogP contribution in [0.2, 0.25) is 0 Å². The minimum absolute atomic E-state index is 0.140. The summed E-state index contributed by atoms with van der Waals surface area (Å²) in [6, 6.07) is 7.66. The molecule has 0 heterocycles. The first-order valence-corrected chi connectivity index (χ1v) is 10.5. The Bertz CT molecular complexity index is 979. The Morgan fingerprint density at radius 1 is 0.656 bits per heavy atom. The molecule has 0 N–H and O–H groups in total. The van der Waals surface area contributed by atoms with Gasteiger partial charge in [0.2, 0.25) is 0 Å². The number of ether oxygens (including phenoxy) is 6. The molecule has 0 amide bonds. The molecule has 172 valence electrons. The van der Waals surface area contributed by atoms with E-state index in [1.807, 2.05) is 24.3 Å². The molecule has 2 aromatic rings. The van der Waals surface area contributed by atoms with Crippen molar-refractivity contribution in [3.63, 3.8) is 0 Å². The largest absolute Gasteiger partial charge is 0.496 e. The molecular weight excluding hydrogens is 408 g/mol. The lowest BCUT2D eigenvalue weighted by atomic mass is 9.78. The van der Waals surface area contributed by atoms with Crippen LogP contribution in [0.15, 0.2) is 42.5 Å². The molecule has 0 aromatic heterocycles. The van der Waals surface area contributed by atoms with Crippen molar-refractivity contribution < 1.29 is 28.4 Å². The van der Waals surface area contributed by atoms with E-state index in [1.54, 1.807) is 42.7 Å². The maximum absolute atomic E-state index is 5.70. The van der Waals surface area contributed by atoms with Gasteiger partial charge in [-0.15, -0.1) is 0 Å². The first-order chi connectivity index (χ1) is 15.6. The standard InChI is InChI=1S/C26H32O6/c1-27-21-15-25(31-5)23(29-3)13-18(21)12-11-17-9-7-8-10-19(17)20-14-24(30-4)26(32-6)16-22(20)28-2/h8,10-17,19H,7,9H2,1-6H3/b12-11+/t17-,19-/m0/s1. The van der Waals surface area contributed by atoms with E-state index in [0.717, 1.165) is 35.5 Å². The van der Waals surface area contributed by atoms with Crippen LogP contribution in [0, 0.1) is 5.92 Å². The Hall–Kier alpha value is -3.28. The van der Waals surface area contributed by atoms with Crippen molar-refractivity contribution in [3.8, 4) is 34.5 Å². The molecule has 0 bridgehead atoms. The van der Waals surface area contributed by atoms with Gasteiger partial charge in [0.1, 0.15) is 11.5 Å².